The van der Waals surface area contributed by atoms with Gasteiger partial charge in [0.05, 0.1) is 0 Å². The quantitative estimate of drug-likeness (QED) is 0.0727. The lowest BCUT2D eigenvalue weighted by Crippen LogP contribution is -2.59. The standard InChI is InChI=1S/C29H35N7O7/c30-19-10-4-1-7-16(19)13-22(33)25(37)41-29(28(36)40,42-26(38)23(34)14-17-8-2-5-11-20(17)31)43-27(39)24(35)15-18-9-3-6-12-21(18)32/h1-12,22-24H,13-15,30-35H2,(H2,36,40). The molecule has 0 spiro atoms. The molecule has 14 nitrogen and oxygen atoms in total. The molecule has 0 aliphatic heterocycles. The van der Waals surface area contributed by atoms with E-state index >= 15 is 0 Å². The summed E-state index contributed by atoms with van der Waals surface area (Å²) in [5, 5.41) is 0. The van der Waals surface area contributed by atoms with Crippen molar-refractivity contribution in [1.82, 2.24) is 0 Å². The lowest BCUT2D eigenvalue weighted by Gasteiger charge is -2.31. The summed E-state index contributed by atoms with van der Waals surface area (Å²) < 4.78 is 15.4. The van der Waals surface area contributed by atoms with Crippen molar-refractivity contribution in [3.05, 3.63) is 89.5 Å². The van der Waals surface area contributed by atoms with Crippen LogP contribution in [-0.4, -0.2) is 47.9 Å². The summed E-state index contributed by atoms with van der Waals surface area (Å²) in [7, 11) is 0. The number of primary amides is 1. The van der Waals surface area contributed by atoms with E-state index in [0.29, 0.717) is 33.8 Å². The molecule has 3 aromatic rings. The summed E-state index contributed by atoms with van der Waals surface area (Å²) in [6, 6.07) is 15.3. The van der Waals surface area contributed by atoms with E-state index in [1.54, 1.807) is 72.8 Å². The maximum Gasteiger partial charge on any atom is 0.509 e. The number of hydrogen-bond donors (Lipinski definition) is 7. The van der Waals surface area contributed by atoms with Crippen LogP contribution in [0.4, 0.5) is 17.1 Å². The number of hydrogen-bond acceptors (Lipinski definition) is 13. The van der Waals surface area contributed by atoms with E-state index in [1.807, 2.05) is 0 Å². The topological polar surface area (TPSA) is 278 Å². The van der Waals surface area contributed by atoms with Gasteiger partial charge in [-0.25, -0.2) is 0 Å². The molecule has 43 heavy (non-hydrogen) atoms. The van der Waals surface area contributed by atoms with Gasteiger partial charge in [0.25, 0.3) is 0 Å². The minimum Gasteiger partial charge on any atom is -0.399 e. The van der Waals surface area contributed by atoms with Crippen LogP contribution in [0.5, 0.6) is 0 Å². The molecule has 0 bridgehead atoms. The molecule has 14 heteroatoms. The largest absolute Gasteiger partial charge is 0.509 e. The van der Waals surface area contributed by atoms with Crippen molar-refractivity contribution in [3.63, 3.8) is 0 Å². The molecule has 0 aliphatic rings. The van der Waals surface area contributed by atoms with Crippen LogP contribution in [0, 0.1) is 0 Å². The monoisotopic (exact) mass is 593 g/mol. The highest BCUT2D eigenvalue weighted by molar-refractivity contribution is 5.91. The Kier molecular flexibility index (Phi) is 10.6. The molecule has 3 aromatic carbocycles. The first-order valence-electron chi connectivity index (χ1n) is 13.1. The molecule has 0 fully saturated rings. The van der Waals surface area contributed by atoms with Crippen molar-refractivity contribution in [2.45, 2.75) is 43.4 Å². The summed E-state index contributed by atoms with van der Waals surface area (Å²) in [6.07, 6.45) is -0.453. The van der Waals surface area contributed by atoms with Crippen molar-refractivity contribution < 1.29 is 33.4 Å². The van der Waals surface area contributed by atoms with Crippen molar-refractivity contribution in [2.24, 2.45) is 22.9 Å². The summed E-state index contributed by atoms with van der Waals surface area (Å²) in [5.41, 5.74) is 43.7. The number of rotatable bonds is 13. The molecular formula is C29H35N7O7. The molecule has 1 amide bonds. The zero-order chi connectivity index (χ0) is 31.7. The Bertz CT molecular complexity index is 1320. The van der Waals surface area contributed by atoms with Gasteiger partial charge in [0.1, 0.15) is 18.1 Å². The van der Waals surface area contributed by atoms with E-state index in [0.717, 1.165) is 0 Å². The van der Waals surface area contributed by atoms with Gasteiger partial charge in [-0.15, -0.1) is 0 Å². The first-order chi connectivity index (χ1) is 20.3. The first-order valence-corrected chi connectivity index (χ1v) is 13.1. The van der Waals surface area contributed by atoms with Crippen LogP contribution < -0.4 is 40.1 Å². The maximum atomic E-state index is 13.1. The number of anilines is 3. The Morgan fingerprint density at radius 3 is 1.02 bits per heavy atom. The molecule has 3 atom stereocenters. The number of amides is 1. The number of nitrogen functional groups attached to an aromatic ring is 3. The molecule has 0 saturated heterocycles. The highest BCUT2D eigenvalue weighted by Gasteiger charge is 2.53. The predicted octanol–water partition coefficient (Wildman–Crippen LogP) is -0.788. The number of ether oxygens (including phenoxy) is 3. The number of carbonyl (C=O) groups excluding carboxylic acids is 4. The van der Waals surface area contributed by atoms with Crippen molar-refractivity contribution in [1.29, 1.82) is 0 Å². The fraction of sp³-hybridized carbons (Fsp3) is 0.241. The minimum atomic E-state index is -3.41. The van der Waals surface area contributed by atoms with E-state index < -0.39 is 47.9 Å². The number of esters is 3. The Morgan fingerprint density at radius 2 is 0.791 bits per heavy atom. The van der Waals surface area contributed by atoms with Gasteiger partial charge in [-0.2, -0.15) is 0 Å². The van der Waals surface area contributed by atoms with Crippen LogP contribution in [-0.2, 0) is 52.7 Å². The van der Waals surface area contributed by atoms with Gasteiger partial charge in [0, 0.05) is 36.3 Å². The van der Waals surface area contributed by atoms with Crippen LogP contribution in [0.3, 0.4) is 0 Å². The summed E-state index contributed by atoms with van der Waals surface area (Å²) in [6.45, 7) is 0. The highest BCUT2D eigenvalue weighted by Crippen LogP contribution is 2.22. The van der Waals surface area contributed by atoms with E-state index in [9.17, 15) is 19.2 Å². The Labute approximate surface area is 247 Å². The lowest BCUT2D eigenvalue weighted by molar-refractivity contribution is -0.311. The SMILES string of the molecule is NC(=O)C(OC(=O)C(N)Cc1ccccc1N)(OC(=O)C(N)Cc1ccccc1N)OC(=O)C(N)Cc1ccccc1N. The van der Waals surface area contributed by atoms with Crippen molar-refractivity contribution >= 4 is 40.9 Å². The molecule has 0 heterocycles. The second kappa shape index (κ2) is 14.1. The third kappa shape index (κ3) is 8.42. The Morgan fingerprint density at radius 1 is 0.535 bits per heavy atom. The minimum absolute atomic E-state index is 0.151. The maximum absolute atomic E-state index is 13.1. The molecule has 0 aliphatic carbocycles. The van der Waals surface area contributed by atoms with E-state index in [-0.39, 0.29) is 19.3 Å². The molecule has 14 N–H and O–H groups in total. The third-order valence-corrected chi connectivity index (χ3v) is 6.40. The van der Waals surface area contributed by atoms with Gasteiger partial charge in [-0.3, -0.25) is 19.2 Å². The lowest BCUT2D eigenvalue weighted by atomic mass is 10.0. The van der Waals surface area contributed by atoms with Gasteiger partial charge in [-0.05, 0) is 34.9 Å². The summed E-state index contributed by atoms with van der Waals surface area (Å²) in [5.74, 6) is -9.03. The zero-order valence-corrected chi connectivity index (χ0v) is 23.2. The van der Waals surface area contributed by atoms with Crippen LogP contribution >= 0.6 is 0 Å². The molecule has 3 rings (SSSR count). The van der Waals surface area contributed by atoms with E-state index in [1.165, 1.54) is 0 Å². The molecule has 0 radical (unpaired) electrons. The third-order valence-electron chi connectivity index (χ3n) is 6.40. The molecular weight excluding hydrogens is 558 g/mol. The smallest absolute Gasteiger partial charge is 0.399 e. The number of nitrogens with two attached hydrogens (primary N) is 7. The van der Waals surface area contributed by atoms with Crippen LogP contribution in [0.25, 0.3) is 0 Å². The molecule has 0 saturated carbocycles. The average Bonchev–Trinajstić information content (AvgIpc) is 2.96. The van der Waals surface area contributed by atoms with Crippen LogP contribution in [0.2, 0.25) is 0 Å². The fourth-order valence-electron chi connectivity index (χ4n) is 3.96. The number of benzene rings is 3. The number of carbonyl (C=O) groups is 4. The molecule has 228 valence electrons. The Balaban J connectivity index is 1.88. The second-order valence-electron chi connectivity index (χ2n) is 9.71. The van der Waals surface area contributed by atoms with Gasteiger partial charge >= 0.3 is 29.8 Å². The summed E-state index contributed by atoms with van der Waals surface area (Å²) >= 11 is 0. The second-order valence-corrected chi connectivity index (χ2v) is 9.71. The average molecular weight is 594 g/mol. The Hall–Kier alpha value is -5.18. The van der Waals surface area contributed by atoms with Gasteiger partial charge in [-0.1, -0.05) is 54.6 Å². The van der Waals surface area contributed by atoms with Gasteiger partial charge in [0.2, 0.25) is 0 Å². The van der Waals surface area contributed by atoms with Crippen LogP contribution in [0.15, 0.2) is 72.8 Å². The molecule has 0 aromatic heterocycles. The highest BCUT2D eigenvalue weighted by atomic mass is 16.9. The van der Waals surface area contributed by atoms with E-state index in [2.05, 4.69) is 0 Å². The van der Waals surface area contributed by atoms with E-state index in [4.69, 9.17) is 54.3 Å². The molecule has 3 unspecified atom stereocenters. The number of para-hydroxylation sites is 3. The van der Waals surface area contributed by atoms with Crippen LogP contribution in [0.1, 0.15) is 16.7 Å². The fourth-order valence-corrected chi connectivity index (χ4v) is 3.96. The van der Waals surface area contributed by atoms with Crippen molar-refractivity contribution in [3.8, 4) is 0 Å². The van der Waals surface area contributed by atoms with Gasteiger partial charge in [0.15, 0.2) is 0 Å². The van der Waals surface area contributed by atoms with Gasteiger partial charge < -0.3 is 54.3 Å². The first kappa shape index (κ1) is 32.3. The summed E-state index contributed by atoms with van der Waals surface area (Å²) in [4.78, 5) is 52.0. The van der Waals surface area contributed by atoms with Crippen molar-refractivity contribution in [2.75, 3.05) is 17.2 Å². The zero-order valence-electron chi connectivity index (χ0n) is 23.2. The predicted molar refractivity (Wildman–Crippen MR) is 158 cm³/mol. The normalized spacial score (nSPS) is 14.4.